The van der Waals surface area contributed by atoms with Gasteiger partial charge in [-0.05, 0) is 11.6 Å². The summed E-state index contributed by atoms with van der Waals surface area (Å²) < 4.78 is 9.23. The first-order valence-electron chi connectivity index (χ1n) is 7.63. The number of carbonyl (C=O) groups excluding carboxylic acids is 4. The van der Waals surface area contributed by atoms with Crippen LogP contribution in [0.15, 0.2) is 30.3 Å². The van der Waals surface area contributed by atoms with Crippen LogP contribution in [0.4, 0.5) is 0 Å². The Hall–Kier alpha value is -3.48. The van der Waals surface area contributed by atoms with Crippen molar-refractivity contribution in [3.63, 3.8) is 0 Å². The average Bonchev–Trinajstić information content (AvgIpc) is 2.65. The lowest BCUT2D eigenvalue weighted by atomic mass is 9.81. The number of phenolic OH excluding ortho intramolecular Hbond substituents is 1. The van der Waals surface area contributed by atoms with E-state index in [4.69, 9.17) is 0 Å². The molecular weight excluding hydrogens is 340 g/mol. The lowest BCUT2D eigenvalue weighted by molar-refractivity contribution is -0.139. The van der Waals surface area contributed by atoms with E-state index in [1.807, 2.05) is 0 Å². The first-order chi connectivity index (χ1) is 12.4. The molecule has 0 saturated carbocycles. The Labute approximate surface area is 148 Å². The molecule has 7 heteroatoms. The molecular formula is C19H14O7. The van der Waals surface area contributed by atoms with E-state index in [9.17, 15) is 24.3 Å². The van der Waals surface area contributed by atoms with E-state index in [1.165, 1.54) is 25.3 Å². The third kappa shape index (κ3) is 2.54. The average molecular weight is 354 g/mol. The molecule has 1 aliphatic rings. The number of rotatable bonds is 3. The lowest BCUT2D eigenvalue weighted by Crippen LogP contribution is -2.23. The molecule has 2 aromatic carbocycles. The number of ketones is 2. The Bertz CT molecular complexity index is 972. The van der Waals surface area contributed by atoms with Crippen LogP contribution < -0.4 is 0 Å². The molecule has 3 rings (SSSR count). The summed E-state index contributed by atoms with van der Waals surface area (Å²) in [6.45, 7) is 0. The number of aromatic hydroxyl groups is 1. The van der Waals surface area contributed by atoms with Crippen molar-refractivity contribution in [2.45, 2.75) is 6.42 Å². The third-order valence-corrected chi connectivity index (χ3v) is 4.22. The minimum atomic E-state index is -0.927. The predicted molar refractivity (Wildman–Crippen MR) is 88.5 cm³/mol. The van der Waals surface area contributed by atoms with Gasteiger partial charge in [0.25, 0.3) is 0 Å². The number of phenols is 1. The largest absolute Gasteiger partial charge is 0.506 e. The zero-order valence-corrected chi connectivity index (χ0v) is 14.0. The number of methoxy groups -OCH3 is 2. The molecule has 0 saturated heterocycles. The maximum atomic E-state index is 12.8. The van der Waals surface area contributed by atoms with E-state index < -0.39 is 29.3 Å². The summed E-state index contributed by atoms with van der Waals surface area (Å²) in [5.41, 5.74) is -0.311. The monoisotopic (exact) mass is 354 g/mol. The lowest BCUT2D eigenvalue weighted by Gasteiger charge is -2.21. The van der Waals surface area contributed by atoms with Gasteiger partial charge in [0.05, 0.1) is 26.2 Å². The molecule has 0 fully saturated rings. The van der Waals surface area contributed by atoms with Gasteiger partial charge in [-0.25, -0.2) is 4.79 Å². The highest BCUT2D eigenvalue weighted by atomic mass is 16.5. The van der Waals surface area contributed by atoms with E-state index in [1.54, 1.807) is 12.1 Å². The fourth-order valence-electron chi connectivity index (χ4n) is 2.99. The second-order valence-electron chi connectivity index (χ2n) is 5.63. The van der Waals surface area contributed by atoms with Gasteiger partial charge >= 0.3 is 11.9 Å². The fourth-order valence-corrected chi connectivity index (χ4v) is 2.99. The smallest absolute Gasteiger partial charge is 0.341 e. The molecule has 0 bridgehead atoms. The molecule has 7 nitrogen and oxygen atoms in total. The first-order valence-corrected chi connectivity index (χ1v) is 7.63. The third-order valence-electron chi connectivity index (χ3n) is 4.22. The highest BCUT2D eigenvalue weighted by molar-refractivity contribution is 6.30. The Kier molecular flexibility index (Phi) is 4.29. The molecule has 0 amide bonds. The maximum Gasteiger partial charge on any atom is 0.341 e. The second kappa shape index (κ2) is 6.44. The number of ether oxygens (including phenoxy) is 2. The van der Waals surface area contributed by atoms with E-state index in [0.717, 1.165) is 7.11 Å². The van der Waals surface area contributed by atoms with E-state index in [2.05, 4.69) is 9.47 Å². The van der Waals surface area contributed by atoms with Gasteiger partial charge in [-0.1, -0.05) is 24.3 Å². The number of hydrogen-bond donors (Lipinski definition) is 1. The number of esters is 2. The van der Waals surface area contributed by atoms with Gasteiger partial charge in [-0.15, -0.1) is 0 Å². The molecule has 26 heavy (non-hydrogen) atoms. The molecule has 0 spiro atoms. The van der Waals surface area contributed by atoms with E-state index in [0.29, 0.717) is 0 Å². The van der Waals surface area contributed by atoms with Gasteiger partial charge in [0.1, 0.15) is 11.3 Å². The van der Waals surface area contributed by atoms with Crippen molar-refractivity contribution in [2.75, 3.05) is 14.2 Å². The van der Waals surface area contributed by atoms with Crippen molar-refractivity contribution in [2.24, 2.45) is 0 Å². The predicted octanol–water partition coefficient (Wildman–Crippen LogP) is 1.67. The van der Waals surface area contributed by atoms with Gasteiger partial charge in [-0.2, -0.15) is 0 Å². The standard InChI is InChI=1S/C19H14O7/c1-25-13(20)8-9-7-12-15(18(23)14(9)19(24)26-2)17(22)11-6-4-3-5-10(11)16(12)21/h3-7,23H,8H2,1-2H3. The fraction of sp³-hybridized carbons (Fsp3) is 0.158. The summed E-state index contributed by atoms with van der Waals surface area (Å²) in [5.74, 6) is -3.34. The van der Waals surface area contributed by atoms with Crippen LogP contribution in [-0.2, 0) is 20.7 Å². The quantitative estimate of drug-likeness (QED) is 0.713. The Morgan fingerprint density at radius 3 is 2.15 bits per heavy atom. The van der Waals surface area contributed by atoms with Gasteiger partial charge in [0.2, 0.25) is 0 Å². The van der Waals surface area contributed by atoms with Crippen LogP contribution >= 0.6 is 0 Å². The summed E-state index contributed by atoms with van der Waals surface area (Å²) in [4.78, 5) is 49.3. The van der Waals surface area contributed by atoms with E-state index >= 15 is 0 Å². The van der Waals surface area contributed by atoms with Gasteiger partial charge in [0.15, 0.2) is 11.6 Å². The number of benzene rings is 2. The van der Waals surface area contributed by atoms with Crippen LogP contribution in [0.25, 0.3) is 0 Å². The Morgan fingerprint density at radius 1 is 0.962 bits per heavy atom. The SMILES string of the molecule is COC(=O)Cc1cc2c(c(O)c1C(=O)OC)C(=O)c1ccccc1C2=O. The van der Waals surface area contributed by atoms with Crippen LogP contribution in [0.1, 0.15) is 47.8 Å². The first kappa shape index (κ1) is 17.3. The number of fused-ring (bicyclic) bond motifs is 2. The van der Waals surface area contributed by atoms with Crippen LogP contribution in [0.5, 0.6) is 5.75 Å². The van der Waals surface area contributed by atoms with Gasteiger partial charge < -0.3 is 14.6 Å². The minimum Gasteiger partial charge on any atom is -0.506 e. The highest BCUT2D eigenvalue weighted by Gasteiger charge is 2.36. The molecule has 0 aliphatic heterocycles. The minimum absolute atomic E-state index is 0.0421. The molecule has 0 aromatic heterocycles. The van der Waals surface area contributed by atoms with Crippen molar-refractivity contribution in [3.8, 4) is 5.75 Å². The molecule has 0 unspecified atom stereocenters. The maximum absolute atomic E-state index is 12.8. The Balaban J connectivity index is 2.30. The number of carbonyl (C=O) groups is 4. The molecule has 132 valence electrons. The molecule has 1 aliphatic carbocycles. The summed E-state index contributed by atoms with van der Waals surface area (Å²) >= 11 is 0. The second-order valence-corrected chi connectivity index (χ2v) is 5.63. The molecule has 0 heterocycles. The summed E-state index contributed by atoms with van der Waals surface area (Å²) in [6.07, 6.45) is -0.370. The highest BCUT2D eigenvalue weighted by Crippen LogP contribution is 2.37. The van der Waals surface area contributed by atoms with Crippen LogP contribution in [-0.4, -0.2) is 42.8 Å². The van der Waals surface area contributed by atoms with E-state index in [-0.39, 0.29) is 39.8 Å². The summed E-state index contributed by atoms with van der Waals surface area (Å²) in [5, 5.41) is 10.6. The molecule has 1 N–H and O–H groups in total. The van der Waals surface area contributed by atoms with Crippen LogP contribution in [0.2, 0.25) is 0 Å². The van der Waals surface area contributed by atoms with Gasteiger partial charge in [-0.3, -0.25) is 14.4 Å². The molecule has 0 radical (unpaired) electrons. The molecule has 2 aromatic rings. The van der Waals surface area contributed by atoms with Gasteiger partial charge in [0, 0.05) is 16.7 Å². The van der Waals surface area contributed by atoms with Crippen molar-refractivity contribution < 1.29 is 33.8 Å². The topological polar surface area (TPSA) is 107 Å². The van der Waals surface area contributed by atoms with Crippen molar-refractivity contribution in [3.05, 3.63) is 63.7 Å². The molecule has 0 atom stereocenters. The van der Waals surface area contributed by atoms with Crippen molar-refractivity contribution in [1.82, 2.24) is 0 Å². The normalized spacial score (nSPS) is 12.2. The Morgan fingerprint density at radius 2 is 1.58 bits per heavy atom. The number of hydrogen-bond acceptors (Lipinski definition) is 7. The van der Waals surface area contributed by atoms with Crippen molar-refractivity contribution >= 4 is 23.5 Å². The zero-order chi connectivity index (χ0) is 19.0. The summed E-state index contributed by atoms with van der Waals surface area (Å²) in [7, 11) is 2.27. The zero-order valence-electron chi connectivity index (χ0n) is 14.0. The summed E-state index contributed by atoms with van der Waals surface area (Å²) in [6, 6.07) is 7.45. The van der Waals surface area contributed by atoms with Crippen LogP contribution in [0, 0.1) is 0 Å². The van der Waals surface area contributed by atoms with Crippen molar-refractivity contribution in [1.29, 1.82) is 0 Å². The van der Waals surface area contributed by atoms with Crippen LogP contribution in [0.3, 0.4) is 0 Å².